The van der Waals surface area contributed by atoms with Crippen molar-refractivity contribution in [1.29, 1.82) is 0 Å². The van der Waals surface area contributed by atoms with Gasteiger partial charge in [-0.15, -0.1) is 11.3 Å². The number of rotatable bonds is 4. The first kappa shape index (κ1) is 19.2. The Balaban J connectivity index is 1.24. The maximum Gasteiger partial charge on any atom is 0.237 e. The molecule has 0 bridgehead atoms. The summed E-state index contributed by atoms with van der Waals surface area (Å²) in [5.74, 6) is 0.584. The van der Waals surface area contributed by atoms with E-state index in [4.69, 9.17) is 17.3 Å². The molecule has 0 atom stereocenters. The fourth-order valence-electron chi connectivity index (χ4n) is 3.71. The van der Waals surface area contributed by atoms with Crippen molar-refractivity contribution in [3.8, 4) is 0 Å². The monoisotopic (exact) mass is 438 g/mol. The number of hydrogen-bond donors (Lipinski definition) is 1. The third-order valence-electron chi connectivity index (χ3n) is 5.26. The Morgan fingerprint density at radius 3 is 2.83 bits per heavy atom. The number of benzene rings is 2. The van der Waals surface area contributed by atoms with E-state index in [1.54, 1.807) is 11.3 Å². The topological polar surface area (TPSA) is 88.2 Å². The van der Waals surface area contributed by atoms with Gasteiger partial charge in [-0.1, -0.05) is 17.7 Å². The molecule has 7 nitrogen and oxygen atoms in total. The van der Waals surface area contributed by atoms with Crippen LogP contribution in [0.25, 0.3) is 21.1 Å². The molecule has 2 aromatic heterocycles. The van der Waals surface area contributed by atoms with Gasteiger partial charge in [0, 0.05) is 30.0 Å². The lowest BCUT2D eigenvalue weighted by Crippen LogP contribution is -2.49. The van der Waals surface area contributed by atoms with Crippen molar-refractivity contribution in [3.05, 3.63) is 58.3 Å². The summed E-state index contributed by atoms with van der Waals surface area (Å²) in [4.78, 5) is 29.7. The van der Waals surface area contributed by atoms with Gasteiger partial charge in [-0.3, -0.25) is 9.69 Å². The highest BCUT2D eigenvalue weighted by atomic mass is 35.5. The van der Waals surface area contributed by atoms with Crippen molar-refractivity contribution in [2.45, 2.75) is 13.1 Å². The van der Waals surface area contributed by atoms with E-state index in [9.17, 15) is 4.79 Å². The minimum Gasteiger partial charge on any atom is -0.383 e. The number of anilines is 1. The molecule has 5 rings (SSSR count). The second-order valence-corrected chi connectivity index (χ2v) is 8.91. The highest BCUT2D eigenvalue weighted by Gasteiger charge is 2.25. The molecule has 2 N–H and O–H groups in total. The number of piperazine rings is 1. The first-order chi connectivity index (χ1) is 14.5. The Morgan fingerprint density at radius 2 is 1.97 bits per heavy atom. The number of hydrogen-bond acceptors (Lipinski definition) is 7. The summed E-state index contributed by atoms with van der Waals surface area (Å²) in [5.41, 5.74) is 8.67. The van der Waals surface area contributed by atoms with Crippen LogP contribution in [0, 0.1) is 0 Å². The standard InChI is InChI=1S/C21H19ClN6OS/c22-14-2-4-16-18(8-14)30-19(26-16)10-27-5-6-28(20(29)11-27)9-13-1-3-15-17(7-13)24-12-25-21(15)23/h1-4,7-8,12H,5-6,9-11H2,(H2,23,24,25). The van der Waals surface area contributed by atoms with Crippen LogP contribution in [0.15, 0.2) is 42.7 Å². The van der Waals surface area contributed by atoms with Gasteiger partial charge in [-0.05, 0) is 35.9 Å². The lowest BCUT2D eigenvalue weighted by atomic mass is 10.1. The molecule has 0 unspecified atom stereocenters. The molecule has 1 aliphatic rings. The van der Waals surface area contributed by atoms with Gasteiger partial charge in [-0.25, -0.2) is 15.0 Å². The van der Waals surface area contributed by atoms with Crippen molar-refractivity contribution in [2.75, 3.05) is 25.4 Å². The van der Waals surface area contributed by atoms with Gasteiger partial charge in [0.2, 0.25) is 5.91 Å². The fraction of sp³-hybridized carbons (Fsp3) is 0.238. The van der Waals surface area contributed by atoms with E-state index in [0.717, 1.165) is 38.2 Å². The van der Waals surface area contributed by atoms with Gasteiger partial charge in [0.25, 0.3) is 0 Å². The van der Waals surface area contributed by atoms with Gasteiger partial charge >= 0.3 is 0 Å². The number of nitrogens with two attached hydrogens (primary N) is 1. The molecule has 1 fully saturated rings. The van der Waals surface area contributed by atoms with E-state index in [1.807, 2.05) is 41.3 Å². The molecule has 0 aliphatic carbocycles. The molecule has 30 heavy (non-hydrogen) atoms. The molecule has 1 amide bonds. The van der Waals surface area contributed by atoms with Crippen LogP contribution in [0.5, 0.6) is 0 Å². The molecule has 0 saturated carbocycles. The summed E-state index contributed by atoms with van der Waals surface area (Å²) in [6.45, 7) is 3.11. The normalized spacial score (nSPS) is 15.4. The van der Waals surface area contributed by atoms with Crippen molar-refractivity contribution in [3.63, 3.8) is 0 Å². The molecule has 1 aliphatic heterocycles. The number of aromatic nitrogens is 3. The number of carbonyl (C=O) groups is 1. The van der Waals surface area contributed by atoms with Gasteiger partial charge in [0.05, 0.1) is 28.8 Å². The van der Waals surface area contributed by atoms with Crippen molar-refractivity contribution in [2.24, 2.45) is 0 Å². The zero-order chi connectivity index (χ0) is 20.7. The van der Waals surface area contributed by atoms with Gasteiger partial charge in [0.1, 0.15) is 17.2 Å². The fourth-order valence-corrected chi connectivity index (χ4v) is 4.99. The quantitative estimate of drug-likeness (QED) is 0.525. The van der Waals surface area contributed by atoms with Crippen molar-refractivity contribution < 1.29 is 4.79 Å². The summed E-state index contributed by atoms with van der Waals surface area (Å²) in [6, 6.07) is 11.6. The Hall–Kier alpha value is -2.81. The van der Waals surface area contributed by atoms with E-state index in [1.165, 1.54) is 6.33 Å². The second kappa shape index (κ2) is 7.79. The van der Waals surface area contributed by atoms with Crippen LogP contribution in [0.1, 0.15) is 10.6 Å². The maximum atomic E-state index is 12.7. The average molecular weight is 439 g/mol. The summed E-state index contributed by atoms with van der Waals surface area (Å²) in [6.07, 6.45) is 1.46. The predicted molar refractivity (Wildman–Crippen MR) is 119 cm³/mol. The Bertz CT molecular complexity index is 1260. The molecule has 0 spiro atoms. The van der Waals surface area contributed by atoms with Crippen molar-refractivity contribution in [1.82, 2.24) is 24.8 Å². The predicted octanol–water partition coefficient (Wildman–Crippen LogP) is 3.32. The molecule has 2 aromatic carbocycles. The zero-order valence-corrected chi connectivity index (χ0v) is 17.7. The number of nitrogens with zero attached hydrogens (tertiary/aromatic N) is 5. The minimum absolute atomic E-state index is 0.118. The molecule has 9 heteroatoms. The van der Waals surface area contributed by atoms with Crippen LogP contribution in [-0.4, -0.2) is 50.3 Å². The third-order valence-corrected chi connectivity index (χ3v) is 6.49. The van der Waals surface area contributed by atoms with Crippen LogP contribution in [0.3, 0.4) is 0 Å². The molecule has 152 valence electrons. The number of carbonyl (C=O) groups excluding carboxylic acids is 1. The molecular weight excluding hydrogens is 420 g/mol. The van der Waals surface area contributed by atoms with Crippen molar-refractivity contribution >= 4 is 55.8 Å². The highest BCUT2D eigenvalue weighted by molar-refractivity contribution is 7.18. The number of halogens is 1. The second-order valence-electron chi connectivity index (χ2n) is 7.36. The smallest absolute Gasteiger partial charge is 0.237 e. The summed E-state index contributed by atoms with van der Waals surface area (Å²) in [5, 5.41) is 2.54. The summed E-state index contributed by atoms with van der Waals surface area (Å²) in [7, 11) is 0. The van der Waals surface area contributed by atoms with Gasteiger partial charge in [0.15, 0.2) is 0 Å². The SMILES string of the molecule is Nc1ncnc2cc(CN3CCN(Cc4nc5ccc(Cl)cc5s4)CC3=O)ccc12. The highest BCUT2D eigenvalue weighted by Crippen LogP contribution is 2.26. The Morgan fingerprint density at radius 1 is 1.07 bits per heavy atom. The minimum atomic E-state index is 0.118. The van der Waals surface area contributed by atoms with Crippen LogP contribution in [0.2, 0.25) is 5.02 Å². The first-order valence-electron chi connectivity index (χ1n) is 9.59. The van der Waals surface area contributed by atoms with Crippen LogP contribution in [0.4, 0.5) is 5.82 Å². The van der Waals surface area contributed by atoms with E-state index in [-0.39, 0.29) is 5.91 Å². The molecule has 0 radical (unpaired) electrons. The molecule has 4 aromatic rings. The lowest BCUT2D eigenvalue weighted by molar-refractivity contribution is -0.136. The van der Waals surface area contributed by atoms with Crippen LogP contribution in [-0.2, 0) is 17.9 Å². The number of amides is 1. The molecule has 1 saturated heterocycles. The number of thiazole rings is 1. The largest absolute Gasteiger partial charge is 0.383 e. The van der Waals surface area contributed by atoms with E-state index in [2.05, 4.69) is 19.9 Å². The zero-order valence-electron chi connectivity index (χ0n) is 16.1. The number of fused-ring (bicyclic) bond motifs is 2. The van der Waals surface area contributed by atoms with Crippen LogP contribution < -0.4 is 5.73 Å². The lowest BCUT2D eigenvalue weighted by Gasteiger charge is -2.34. The van der Waals surface area contributed by atoms with E-state index in [0.29, 0.717) is 37.0 Å². The summed E-state index contributed by atoms with van der Waals surface area (Å²) < 4.78 is 1.07. The van der Waals surface area contributed by atoms with Gasteiger partial charge in [-0.2, -0.15) is 0 Å². The van der Waals surface area contributed by atoms with E-state index >= 15 is 0 Å². The maximum absolute atomic E-state index is 12.7. The Labute approximate surface area is 182 Å². The third kappa shape index (κ3) is 3.81. The molecular formula is C21H19ClN6OS. The molecule has 3 heterocycles. The summed E-state index contributed by atoms with van der Waals surface area (Å²) >= 11 is 7.69. The Kier molecular flexibility index (Phi) is 4.98. The average Bonchev–Trinajstić information content (AvgIpc) is 3.11. The number of nitrogen functional groups attached to an aromatic ring is 1. The van der Waals surface area contributed by atoms with Crippen LogP contribution >= 0.6 is 22.9 Å². The van der Waals surface area contributed by atoms with Gasteiger partial charge < -0.3 is 10.6 Å². The van der Waals surface area contributed by atoms with E-state index < -0.39 is 0 Å². The first-order valence-corrected chi connectivity index (χ1v) is 10.8.